The topological polar surface area (TPSA) is 117 Å². The van der Waals surface area contributed by atoms with Crippen LogP contribution < -0.4 is 5.32 Å². The van der Waals surface area contributed by atoms with Crippen LogP contribution in [0.15, 0.2) is 30.3 Å². The second-order valence-electron chi connectivity index (χ2n) is 5.46. The number of amides is 1. The van der Waals surface area contributed by atoms with Gasteiger partial charge in [0.05, 0.1) is 7.11 Å². The number of alkyl carbamates (subject to hydrolysis) is 1. The lowest BCUT2D eigenvalue weighted by molar-refractivity contribution is -0.151. The van der Waals surface area contributed by atoms with Crippen molar-refractivity contribution in [3.05, 3.63) is 35.9 Å². The first kappa shape index (κ1) is 23.3. The van der Waals surface area contributed by atoms with Gasteiger partial charge in [0.25, 0.3) is 0 Å². The molecule has 0 radical (unpaired) electrons. The standard InChI is InChI=1S/C18H23NO8S/c1-12(20)25-10-16(27-13(2)21)28-11-15(17(22)24-3)19-18(23)26-9-14-7-5-4-6-8-14/h4-8,15-16H,9-11H2,1-3H3,(H,19,23)/t15-,16?/m0/s1. The minimum absolute atomic E-state index is 0.00627. The predicted molar refractivity (Wildman–Crippen MR) is 100 cm³/mol. The lowest BCUT2D eigenvalue weighted by atomic mass is 10.2. The first-order chi connectivity index (χ1) is 13.3. The lowest BCUT2D eigenvalue weighted by Gasteiger charge is -2.20. The molecule has 0 heterocycles. The van der Waals surface area contributed by atoms with E-state index in [0.29, 0.717) is 0 Å². The summed E-state index contributed by atoms with van der Waals surface area (Å²) in [5.41, 5.74) is -0.0476. The summed E-state index contributed by atoms with van der Waals surface area (Å²) in [6.07, 6.45) is -0.802. The molecule has 9 nitrogen and oxygen atoms in total. The molecule has 0 aliphatic rings. The Hall–Kier alpha value is -2.75. The maximum Gasteiger partial charge on any atom is 0.408 e. The van der Waals surface area contributed by atoms with E-state index >= 15 is 0 Å². The molecular weight excluding hydrogens is 390 g/mol. The van der Waals surface area contributed by atoms with Gasteiger partial charge in [-0.1, -0.05) is 30.3 Å². The van der Waals surface area contributed by atoms with Crippen molar-refractivity contribution in [3.63, 3.8) is 0 Å². The molecule has 2 atom stereocenters. The highest BCUT2D eigenvalue weighted by Gasteiger charge is 2.25. The molecule has 1 aromatic rings. The number of ether oxygens (including phenoxy) is 4. The van der Waals surface area contributed by atoms with Crippen molar-refractivity contribution < 1.29 is 38.1 Å². The van der Waals surface area contributed by atoms with E-state index in [-0.39, 0.29) is 19.0 Å². The number of hydrogen-bond acceptors (Lipinski definition) is 9. The molecule has 10 heteroatoms. The van der Waals surface area contributed by atoms with Gasteiger partial charge in [0.15, 0.2) is 5.44 Å². The highest BCUT2D eigenvalue weighted by Crippen LogP contribution is 2.16. The van der Waals surface area contributed by atoms with E-state index in [4.69, 9.17) is 14.2 Å². The summed E-state index contributed by atoms with van der Waals surface area (Å²) in [5, 5.41) is 2.41. The molecule has 0 aromatic heterocycles. The number of thioether (sulfide) groups is 1. The van der Waals surface area contributed by atoms with E-state index in [1.54, 1.807) is 12.1 Å². The summed E-state index contributed by atoms with van der Waals surface area (Å²) in [7, 11) is 1.18. The maximum atomic E-state index is 12.0. The molecule has 0 aliphatic carbocycles. The Bertz CT molecular complexity index is 667. The summed E-state index contributed by atoms with van der Waals surface area (Å²) in [5.74, 6) is -1.80. The fourth-order valence-corrected chi connectivity index (χ4v) is 2.90. The number of carbonyl (C=O) groups excluding carboxylic acids is 4. The van der Waals surface area contributed by atoms with Crippen LogP contribution in [0.2, 0.25) is 0 Å². The zero-order valence-corrected chi connectivity index (χ0v) is 16.7. The summed E-state index contributed by atoms with van der Waals surface area (Å²) >= 11 is 1.01. The molecule has 1 unspecified atom stereocenters. The van der Waals surface area contributed by atoms with Crippen molar-refractivity contribution in [3.8, 4) is 0 Å². The van der Waals surface area contributed by atoms with Crippen LogP contribution >= 0.6 is 11.8 Å². The third-order valence-electron chi connectivity index (χ3n) is 3.16. The number of benzene rings is 1. The Balaban J connectivity index is 2.59. The Morgan fingerprint density at radius 3 is 2.29 bits per heavy atom. The Morgan fingerprint density at radius 1 is 1.04 bits per heavy atom. The molecule has 1 amide bonds. The van der Waals surface area contributed by atoms with E-state index < -0.39 is 35.5 Å². The fraction of sp³-hybridized carbons (Fsp3) is 0.444. The minimum Gasteiger partial charge on any atom is -0.467 e. The molecule has 0 spiro atoms. The molecule has 154 valence electrons. The fourth-order valence-electron chi connectivity index (χ4n) is 1.91. The average molecular weight is 413 g/mol. The number of methoxy groups -OCH3 is 1. The molecule has 0 saturated carbocycles. The molecule has 1 N–H and O–H groups in total. The van der Waals surface area contributed by atoms with Gasteiger partial charge in [-0.25, -0.2) is 9.59 Å². The van der Waals surface area contributed by atoms with Gasteiger partial charge in [0.1, 0.15) is 19.3 Å². The Morgan fingerprint density at radius 2 is 1.71 bits per heavy atom. The normalized spacial score (nSPS) is 12.2. The molecule has 0 fully saturated rings. The number of carbonyl (C=O) groups is 4. The van der Waals surface area contributed by atoms with E-state index in [1.165, 1.54) is 21.0 Å². The molecule has 0 saturated heterocycles. The highest BCUT2D eigenvalue weighted by molar-refractivity contribution is 7.99. The summed E-state index contributed by atoms with van der Waals surface area (Å²) in [6, 6.07) is 7.99. The van der Waals surface area contributed by atoms with Crippen LogP contribution in [0.5, 0.6) is 0 Å². The van der Waals surface area contributed by atoms with Crippen LogP contribution in [0.25, 0.3) is 0 Å². The molecular formula is C18H23NO8S. The van der Waals surface area contributed by atoms with Crippen molar-refractivity contribution in [2.24, 2.45) is 0 Å². The summed E-state index contributed by atoms with van der Waals surface area (Å²) in [6.45, 7) is 2.28. The Kier molecular flexibility index (Phi) is 10.5. The van der Waals surface area contributed by atoms with Gasteiger partial charge in [-0.2, -0.15) is 0 Å². The SMILES string of the molecule is COC(=O)[C@H](CSC(COC(C)=O)OC(C)=O)NC(=O)OCc1ccccc1. The van der Waals surface area contributed by atoms with E-state index in [9.17, 15) is 19.2 Å². The van der Waals surface area contributed by atoms with Gasteiger partial charge in [-0.05, 0) is 5.56 Å². The first-order valence-electron chi connectivity index (χ1n) is 8.29. The van der Waals surface area contributed by atoms with E-state index in [2.05, 4.69) is 10.1 Å². The third-order valence-corrected chi connectivity index (χ3v) is 4.29. The predicted octanol–water partition coefficient (Wildman–Crippen LogP) is 1.64. The largest absolute Gasteiger partial charge is 0.467 e. The zero-order valence-electron chi connectivity index (χ0n) is 15.8. The van der Waals surface area contributed by atoms with Crippen molar-refractivity contribution in [1.29, 1.82) is 0 Å². The van der Waals surface area contributed by atoms with Gasteiger partial charge >= 0.3 is 24.0 Å². The van der Waals surface area contributed by atoms with Gasteiger partial charge in [-0.15, -0.1) is 11.8 Å². The lowest BCUT2D eigenvalue weighted by Crippen LogP contribution is -2.44. The summed E-state index contributed by atoms with van der Waals surface area (Å²) < 4.78 is 19.6. The molecule has 0 bridgehead atoms. The Labute approximate surface area is 167 Å². The van der Waals surface area contributed by atoms with Gasteiger partial charge in [0, 0.05) is 19.6 Å². The summed E-state index contributed by atoms with van der Waals surface area (Å²) in [4.78, 5) is 46.0. The smallest absolute Gasteiger partial charge is 0.408 e. The number of esters is 3. The maximum absolute atomic E-state index is 12.0. The number of rotatable bonds is 10. The minimum atomic E-state index is -1.05. The second-order valence-corrected chi connectivity index (χ2v) is 6.65. The van der Waals surface area contributed by atoms with Crippen molar-refractivity contribution >= 4 is 35.8 Å². The van der Waals surface area contributed by atoms with Gasteiger partial charge in [-0.3, -0.25) is 9.59 Å². The van der Waals surface area contributed by atoms with Gasteiger partial charge in [0.2, 0.25) is 0 Å². The highest BCUT2D eigenvalue weighted by atomic mass is 32.2. The van der Waals surface area contributed by atoms with Crippen molar-refractivity contribution in [1.82, 2.24) is 5.32 Å². The average Bonchev–Trinajstić information content (AvgIpc) is 2.67. The number of nitrogens with one attached hydrogen (secondary N) is 1. The zero-order chi connectivity index (χ0) is 20.9. The van der Waals surface area contributed by atoms with Crippen LogP contribution in [-0.4, -0.2) is 54.9 Å². The van der Waals surface area contributed by atoms with E-state index in [0.717, 1.165) is 17.3 Å². The second kappa shape index (κ2) is 12.6. The third kappa shape index (κ3) is 9.81. The molecule has 0 aliphatic heterocycles. The first-order valence-corrected chi connectivity index (χ1v) is 9.34. The molecule has 1 rings (SSSR count). The van der Waals surface area contributed by atoms with Crippen molar-refractivity contribution in [2.75, 3.05) is 19.5 Å². The van der Waals surface area contributed by atoms with E-state index in [1.807, 2.05) is 18.2 Å². The van der Waals surface area contributed by atoms with Crippen LogP contribution in [0.3, 0.4) is 0 Å². The monoisotopic (exact) mass is 413 g/mol. The molecule has 28 heavy (non-hydrogen) atoms. The van der Waals surface area contributed by atoms with Crippen LogP contribution in [-0.2, 0) is 39.9 Å². The van der Waals surface area contributed by atoms with Crippen LogP contribution in [0.1, 0.15) is 19.4 Å². The van der Waals surface area contributed by atoms with Crippen LogP contribution in [0, 0.1) is 0 Å². The number of hydrogen-bond donors (Lipinski definition) is 1. The van der Waals surface area contributed by atoms with Crippen LogP contribution in [0.4, 0.5) is 4.79 Å². The van der Waals surface area contributed by atoms with Crippen molar-refractivity contribution in [2.45, 2.75) is 31.9 Å². The van der Waals surface area contributed by atoms with Gasteiger partial charge < -0.3 is 24.3 Å². The quantitative estimate of drug-likeness (QED) is 0.347. The molecule has 1 aromatic carbocycles.